The number of alkyl halides is 1. The fourth-order valence-corrected chi connectivity index (χ4v) is 6.18. The third-order valence-corrected chi connectivity index (χ3v) is 7.56. The number of rotatable bonds is 0. The molecule has 22 heavy (non-hydrogen) atoms. The predicted molar refractivity (Wildman–Crippen MR) is 83.9 cm³/mol. The van der Waals surface area contributed by atoms with Crippen LogP contribution in [0.25, 0.3) is 0 Å². The van der Waals surface area contributed by atoms with E-state index in [-0.39, 0.29) is 22.9 Å². The minimum absolute atomic E-state index is 0.0167. The summed E-state index contributed by atoms with van der Waals surface area (Å²) >= 11 is 0. The second-order valence-corrected chi connectivity index (χ2v) is 8.50. The number of aliphatic hydroxyl groups is 2. The maximum absolute atomic E-state index is 14.2. The van der Waals surface area contributed by atoms with Crippen LogP contribution in [0.2, 0.25) is 0 Å². The molecule has 0 amide bonds. The van der Waals surface area contributed by atoms with E-state index in [1.807, 2.05) is 6.08 Å². The van der Waals surface area contributed by atoms with Crippen molar-refractivity contribution in [3.63, 3.8) is 0 Å². The van der Waals surface area contributed by atoms with Crippen molar-refractivity contribution in [2.45, 2.75) is 64.3 Å². The average molecular weight is 306 g/mol. The zero-order valence-electron chi connectivity index (χ0n) is 13.5. The van der Waals surface area contributed by atoms with Crippen molar-refractivity contribution in [1.82, 2.24) is 0 Å². The van der Waals surface area contributed by atoms with Crippen LogP contribution in [0.3, 0.4) is 0 Å². The van der Waals surface area contributed by atoms with E-state index in [0.29, 0.717) is 18.3 Å². The van der Waals surface area contributed by atoms with Crippen LogP contribution in [-0.4, -0.2) is 28.6 Å². The summed E-state index contributed by atoms with van der Waals surface area (Å²) < 4.78 is 14.2. The number of hydrogen-bond donors (Lipinski definition) is 2. The lowest BCUT2D eigenvalue weighted by Gasteiger charge is -2.56. The quantitative estimate of drug-likeness (QED) is 0.673. The van der Waals surface area contributed by atoms with Crippen molar-refractivity contribution in [3.8, 4) is 0 Å². The fourth-order valence-electron chi connectivity index (χ4n) is 6.18. The summed E-state index contributed by atoms with van der Waals surface area (Å²) in [5.74, 6) is 1.26. The van der Waals surface area contributed by atoms with Crippen molar-refractivity contribution < 1.29 is 14.6 Å². The molecule has 0 aromatic carbocycles. The summed E-state index contributed by atoms with van der Waals surface area (Å²) in [5, 5.41) is 20.2. The van der Waals surface area contributed by atoms with Crippen LogP contribution in [-0.2, 0) is 0 Å². The highest BCUT2D eigenvalue weighted by Gasteiger charge is 2.60. The van der Waals surface area contributed by atoms with Crippen LogP contribution in [0.15, 0.2) is 23.8 Å². The summed E-state index contributed by atoms with van der Waals surface area (Å²) in [6.07, 6.45) is 8.45. The molecule has 0 unspecified atom stereocenters. The standard InChI is InChI=1S/C19H27FO2/c1-18-7-5-12(21)9-11(18)3-4-13-14(18)6-8-19(2)15(13)10-16(20)17(19)22/h3,5,7,12-17,21-22H,4,6,8-10H2,1-2H3/t12-,13-,14+,15+,16-,17+,18+,19+/m1/s1. The minimum Gasteiger partial charge on any atom is -0.390 e. The number of hydrogen-bond acceptors (Lipinski definition) is 2. The molecule has 0 aromatic heterocycles. The molecular formula is C19H27FO2. The lowest BCUT2D eigenvalue weighted by molar-refractivity contribution is -0.0627. The Morgan fingerprint density at radius 1 is 1.23 bits per heavy atom. The van der Waals surface area contributed by atoms with Crippen LogP contribution in [0.1, 0.15) is 46.0 Å². The van der Waals surface area contributed by atoms with Crippen LogP contribution >= 0.6 is 0 Å². The molecule has 0 bridgehead atoms. The molecule has 2 saturated carbocycles. The maximum atomic E-state index is 14.2. The van der Waals surface area contributed by atoms with E-state index >= 15 is 0 Å². The summed E-state index contributed by atoms with van der Waals surface area (Å²) in [5.41, 5.74) is 1.13. The van der Waals surface area contributed by atoms with Gasteiger partial charge < -0.3 is 10.2 Å². The Hall–Kier alpha value is -0.670. The van der Waals surface area contributed by atoms with E-state index < -0.39 is 12.3 Å². The second kappa shape index (κ2) is 4.67. The fraction of sp³-hybridized carbons (Fsp3) is 0.789. The Morgan fingerprint density at radius 2 is 2.00 bits per heavy atom. The first-order valence-corrected chi connectivity index (χ1v) is 8.75. The number of halogens is 1. The summed E-state index contributed by atoms with van der Waals surface area (Å²) in [4.78, 5) is 0. The van der Waals surface area contributed by atoms with Gasteiger partial charge in [0.05, 0.1) is 12.2 Å². The van der Waals surface area contributed by atoms with Crippen molar-refractivity contribution in [2.75, 3.05) is 0 Å². The van der Waals surface area contributed by atoms with Gasteiger partial charge >= 0.3 is 0 Å². The molecule has 0 heterocycles. The molecule has 4 rings (SSSR count). The van der Waals surface area contributed by atoms with Crippen LogP contribution in [0.5, 0.6) is 0 Å². The van der Waals surface area contributed by atoms with E-state index in [1.54, 1.807) is 0 Å². The summed E-state index contributed by atoms with van der Waals surface area (Å²) in [6.45, 7) is 4.39. The SMILES string of the molecule is C[C@]12CC[C@H]3[C@@H](CC=C4C[C@H](O)C=C[C@@]43C)[C@@H]1C[C@@H](F)[C@@H]2O. The highest BCUT2D eigenvalue weighted by molar-refractivity contribution is 5.33. The Morgan fingerprint density at radius 3 is 2.77 bits per heavy atom. The monoisotopic (exact) mass is 306 g/mol. The molecule has 4 aliphatic rings. The van der Waals surface area contributed by atoms with E-state index in [0.717, 1.165) is 25.7 Å². The molecule has 2 fully saturated rings. The molecule has 2 N–H and O–H groups in total. The van der Waals surface area contributed by atoms with Crippen LogP contribution in [0.4, 0.5) is 4.39 Å². The first kappa shape index (κ1) is 14.9. The predicted octanol–water partition coefficient (Wildman–Crippen LogP) is 3.40. The Balaban J connectivity index is 1.71. The Bertz CT molecular complexity index is 542. The van der Waals surface area contributed by atoms with Crippen LogP contribution in [0, 0.1) is 28.6 Å². The van der Waals surface area contributed by atoms with Crippen molar-refractivity contribution in [2.24, 2.45) is 28.6 Å². The lowest BCUT2D eigenvalue weighted by Crippen LogP contribution is -2.50. The molecular weight excluding hydrogens is 279 g/mol. The Labute approximate surface area is 132 Å². The second-order valence-electron chi connectivity index (χ2n) is 8.50. The van der Waals surface area contributed by atoms with Gasteiger partial charge in [-0.2, -0.15) is 0 Å². The normalized spacial score (nSPS) is 56.9. The van der Waals surface area contributed by atoms with Crippen molar-refractivity contribution >= 4 is 0 Å². The zero-order valence-corrected chi connectivity index (χ0v) is 13.5. The molecule has 0 aliphatic heterocycles. The molecule has 8 atom stereocenters. The smallest absolute Gasteiger partial charge is 0.127 e. The van der Waals surface area contributed by atoms with Gasteiger partial charge in [0.15, 0.2) is 0 Å². The van der Waals surface area contributed by atoms with Gasteiger partial charge in [-0.25, -0.2) is 4.39 Å². The zero-order chi connectivity index (χ0) is 15.7. The molecule has 0 saturated heterocycles. The van der Waals surface area contributed by atoms with Gasteiger partial charge in [-0.05, 0) is 55.3 Å². The number of fused-ring (bicyclic) bond motifs is 5. The highest BCUT2D eigenvalue weighted by Crippen LogP contribution is 2.64. The van der Waals surface area contributed by atoms with Gasteiger partial charge in [-0.1, -0.05) is 37.6 Å². The molecule has 2 nitrogen and oxygen atoms in total. The lowest BCUT2D eigenvalue weighted by atomic mass is 9.49. The maximum Gasteiger partial charge on any atom is 0.127 e. The minimum atomic E-state index is -1.06. The van der Waals surface area contributed by atoms with E-state index in [4.69, 9.17) is 0 Å². The Kier molecular flexibility index (Phi) is 3.16. The van der Waals surface area contributed by atoms with E-state index in [1.165, 1.54) is 5.57 Å². The van der Waals surface area contributed by atoms with Gasteiger partial charge in [-0.15, -0.1) is 0 Å². The molecule has 0 radical (unpaired) electrons. The first-order valence-electron chi connectivity index (χ1n) is 8.75. The van der Waals surface area contributed by atoms with Gasteiger partial charge in [0.1, 0.15) is 6.17 Å². The highest BCUT2D eigenvalue weighted by atomic mass is 19.1. The topological polar surface area (TPSA) is 40.5 Å². The molecule has 3 heteroatoms. The molecule has 122 valence electrons. The largest absolute Gasteiger partial charge is 0.390 e. The van der Waals surface area contributed by atoms with Gasteiger partial charge in [-0.3, -0.25) is 0 Å². The van der Waals surface area contributed by atoms with E-state index in [9.17, 15) is 14.6 Å². The van der Waals surface area contributed by atoms with Gasteiger partial charge in [0.25, 0.3) is 0 Å². The average Bonchev–Trinajstić information content (AvgIpc) is 2.72. The summed E-state index contributed by atoms with van der Waals surface area (Å²) in [6, 6.07) is 0. The first-order chi connectivity index (χ1) is 10.4. The van der Waals surface area contributed by atoms with Gasteiger partial charge in [0, 0.05) is 5.41 Å². The molecule has 0 spiro atoms. The number of aliphatic hydroxyl groups excluding tert-OH is 2. The number of allylic oxidation sites excluding steroid dienone is 2. The van der Waals surface area contributed by atoms with Gasteiger partial charge in [0.2, 0.25) is 0 Å². The van der Waals surface area contributed by atoms with E-state index in [2.05, 4.69) is 26.0 Å². The molecule has 0 aromatic rings. The summed E-state index contributed by atoms with van der Waals surface area (Å²) in [7, 11) is 0. The molecule has 4 aliphatic carbocycles. The third-order valence-electron chi connectivity index (χ3n) is 7.56. The van der Waals surface area contributed by atoms with Crippen molar-refractivity contribution in [1.29, 1.82) is 0 Å². The van der Waals surface area contributed by atoms with Crippen LogP contribution < -0.4 is 0 Å². The third kappa shape index (κ3) is 1.78. The van der Waals surface area contributed by atoms with Crippen molar-refractivity contribution in [3.05, 3.63) is 23.8 Å².